The van der Waals surface area contributed by atoms with Gasteiger partial charge in [0.1, 0.15) is 5.82 Å². The van der Waals surface area contributed by atoms with Crippen molar-refractivity contribution in [3.05, 3.63) is 30.1 Å². The molecule has 0 aliphatic carbocycles. The number of rotatable bonds is 2. The first-order chi connectivity index (χ1) is 9.60. The average molecular weight is 296 g/mol. The monoisotopic (exact) mass is 296 g/mol. The van der Waals surface area contributed by atoms with Crippen LogP contribution in [0.4, 0.5) is 10.1 Å². The van der Waals surface area contributed by atoms with Crippen LogP contribution in [-0.2, 0) is 9.53 Å². The molecular weight excluding hydrogens is 279 g/mol. The van der Waals surface area contributed by atoms with Crippen LogP contribution in [0, 0.1) is 11.7 Å². The van der Waals surface area contributed by atoms with E-state index in [4.69, 9.17) is 17.0 Å². The van der Waals surface area contributed by atoms with Gasteiger partial charge in [0.25, 0.3) is 0 Å². The molecule has 20 heavy (non-hydrogen) atoms. The van der Waals surface area contributed by atoms with E-state index in [9.17, 15) is 9.18 Å². The number of benzene rings is 1. The largest absolute Gasteiger partial charge is 0.469 e. The standard InChI is InChI=1S/C14H17FN2O2S/c1-19-13(18)10-6-8-17(9-7-10)14(20)16-12-4-2-11(15)3-5-12/h2-5,10H,6-9H2,1H3,(H,16,20). The third kappa shape index (κ3) is 3.66. The van der Waals surface area contributed by atoms with E-state index in [2.05, 4.69) is 5.32 Å². The van der Waals surface area contributed by atoms with Crippen molar-refractivity contribution in [3.63, 3.8) is 0 Å². The Morgan fingerprint density at radius 2 is 1.95 bits per heavy atom. The van der Waals surface area contributed by atoms with Crippen molar-refractivity contribution in [1.29, 1.82) is 0 Å². The van der Waals surface area contributed by atoms with Crippen LogP contribution in [0.2, 0.25) is 0 Å². The summed E-state index contributed by atoms with van der Waals surface area (Å²) in [6.07, 6.45) is 1.47. The van der Waals surface area contributed by atoms with Crippen molar-refractivity contribution < 1.29 is 13.9 Å². The summed E-state index contributed by atoms with van der Waals surface area (Å²) in [5.41, 5.74) is 0.756. The molecule has 1 aromatic carbocycles. The number of anilines is 1. The van der Waals surface area contributed by atoms with Gasteiger partial charge in [-0.1, -0.05) is 0 Å². The Bertz CT molecular complexity index is 484. The highest BCUT2D eigenvalue weighted by molar-refractivity contribution is 7.80. The molecule has 1 N–H and O–H groups in total. The molecule has 1 heterocycles. The van der Waals surface area contributed by atoms with Gasteiger partial charge in [-0.2, -0.15) is 0 Å². The normalized spacial score (nSPS) is 15.8. The van der Waals surface area contributed by atoms with Crippen LogP contribution in [0.5, 0.6) is 0 Å². The quantitative estimate of drug-likeness (QED) is 0.670. The molecule has 0 bridgehead atoms. The van der Waals surface area contributed by atoms with Crippen molar-refractivity contribution in [2.24, 2.45) is 5.92 Å². The topological polar surface area (TPSA) is 41.6 Å². The van der Waals surface area contributed by atoms with Gasteiger partial charge in [-0.05, 0) is 49.3 Å². The zero-order chi connectivity index (χ0) is 14.5. The molecule has 1 saturated heterocycles. The SMILES string of the molecule is COC(=O)C1CCN(C(=S)Nc2ccc(F)cc2)CC1. The molecule has 1 fully saturated rings. The lowest BCUT2D eigenvalue weighted by Gasteiger charge is -2.32. The summed E-state index contributed by atoms with van der Waals surface area (Å²) < 4.78 is 17.6. The Morgan fingerprint density at radius 3 is 2.50 bits per heavy atom. The number of ether oxygens (including phenoxy) is 1. The van der Waals surface area contributed by atoms with Crippen LogP contribution < -0.4 is 5.32 Å². The van der Waals surface area contributed by atoms with Gasteiger partial charge in [-0.15, -0.1) is 0 Å². The van der Waals surface area contributed by atoms with E-state index in [0.717, 1.165) is 18.5 Å². The van der Waals surface area contributed by atoms with E-state index in [1.807, 2.05) is 4.90 Å². The molecule has 0 aromatic heterocycles. The van der Waals surface area contributed by atoms with Gasteiger partial charge in [0, 0.05) is 18.8 Å². The summed E-state index contributed by atoms with van der Waals surface area (Å²) in [5, 5.41) is 3.67. The summed E-state index contributed by atoms with van der Waals surface area (Å²) in [6, 6.07) is 6.05. The maximum atomic E-state index is 12.8. The van der Waals surface area contributed by atoms with Crippen molar-refractivity contribution in [3.8, 4) is 0 Å². The molecule has 0 unspecified atom stereocenters. The molecule has 1 aromatic rings. The Kier molecular flexibility index (Phi) is 4.89. The molecule has 0 amide bonds. The Hall–Kier alpha value is -1.69. The van der Waals surface area contributed by atoms with Crippen LogP contribution in [0.15, 0.2) is 24.3 Å². The van der Waals surface area contributed by atoms with E-state index in [0.29, 0.717) is 18.2 Å². The zero-order valence-corrected chi connectivity index (χ0v) is 12.1. The Morgan fingerprint density at radius 1 is 1.35 bits per heavy atom. The van der Waals surface area contributed by atoms with Gasteiger partial charge in [-0.3, -0.25) is 4.79 Å². The number of nitrogens with one attached hydrogen (secondary N) is 1. The van der Waals surface area contributed by atoms with Gasteiger partial charge < -0.3 is 15.0 Å². The highest BCUT2D eigenvalue weighted by atomic mass is 32.1. The third-order valence-electron chi connectivity index (χ3n) is 3.41. The molecular formula is C14H17FN2O2S. The number of piperidine rings is 1. The maximum Gasteiger partial charge on any atom is 0.308 e. The number of nitrogens with zero attached hydrogens (tertiary/aromatic N) is 1. The second kappa shape index (κ2) is 6.65. The maximum absolute atomic E-state index is 12.8. The molecule has 0 saturated carbocycles. The van der Waals surface area contributed by atoms with E-state index in [1.54, 1.807) is 12.1 Å². The van der Waals surface area contributed by atoms with Crippen LogP contribution in [0.25, 0.3) is 0 Å². The molecule has 1 aliphatic heterocycles. The van der Waals surface area contributed by atoms with Crippen LogP contribution >= 0.6 is 12.2 Å². The number of hydrogen-bond acceptors (Lipinski definition) is 3. The van der Waals surface area contributed by atoms with Gasteiger partial charge in [0.2, 0.25) is 0 Å². The molecule has 0 spiro atoms. The minimum absolute atomic E-state index is 0.0372. The van der Waals surface area contributed by atoms with E-state index in [-0.39, 0.29) is 17.7 Å². The number of carbonyl (C=O) groups excluding carboxylic acids is 1. The van der Waals surface area contributed by atoms with Crippen LogP contribution in [-0.4, -0.2) is 36.2 Å². The summed E-state index contributed by atoms with van der Waals surface area (Å²) in [7, 11) is 1.41. The molecule has 2 rings (SSSR count). The predicted octanol–water partition coefficient (Wildman–Crippen LogP) is 2.41. The van der Waals surface area contributed by atoms with Crippen LogP contribution in [0.1, 0.15) is 12.8 Å². The Balaban J connectivity index is 1.85. The second-order valence-corrected chi connectivity index (χ2v) is 5.11. The lowest BCUT2D eigenvalue weighted by molar-refractivity contribution is -0.146. The van der Waals surface area contributed by atoms with Crippen molar-refractivity contribution in [2.75, 3.05) is 25.5 Å². The molecule has 0 atom stereocenters. The molecule has 108 valence electrons. The first-order valence-corrected chi connectivity index (χ1v) is 6.90. The van der Waals surface area contributed by atoms with Crippen molar-refractivity contribution in [1.82, 2.24) is 4.90 Å². The van der Waals surface area contributed by atoms with Gasteiger partial charge in [-0.25, -0.2) is 4.39 Å². The number of esters is 1. The zero-order valence-electron chi connectivity index (χ0n) is 11.3. The third-order valence-corrected chi connectivity index (χ3v) is 3.77. The summed E-state index contributed by atoms with van der Waals surface area (Å²) >= 11 is 5.33. The first-order valence-electron chi connectivity index (χ1n) is 6.49. The molecule has 1 aliphatic rings. The fraction of sp³-hybridized carbons (Fsp3) is 0.429. The van der Waals surface area contributed by atoms with E-state index >= 15 is 0 Å². The number of thiocarbonyl (C=S) groups is 1. The number of methoxy groups -OCH3 is 1. The van der Waals surface area contributed by atoms with Crippen LogP contribution in [0.3, 0.4) is 0 Å². The number of hydrogen-bond donors (Lipinski definition) is 1. The van der Waals surface area contributed by atoms with E-state index in [1.165, 1.54) is 19.2 Å². The minimum Gasteiger partial charge on any atom is -0.469 e. The summed E-state index contributed by atoms with van der Waals surface area (Å²) in [4.78, 5) is 13.5. The lowest BCUT2D eigenvalue weighted by Crippen LogP contribution is -2.42. The second-order valence-electron chi connectivity index (χ2n) is 4.72. The van der Waals surface area contributed by atoms with Gasteiger partial charge >= 0.3 is 5.97 Å². The molecule has 4 nitrogen and oxygen atoms in total. The number of halogens is 1. The van der Waals surface area contributed by atoms with Crippen molar-refractivity contribution in [2.45, 2.75) is 12.8 Å². The van der Waals surface area contributed by atoms with E-state index < -0.39 is 0 Å². The summed E-state index contributed by atoms with van der Waals surface area (Å²) in [6.45, 7) is 1.43. The summed E-state index contributed by atoms with van der Waals surface area (Å²) in [5.74, 6) is -0.465. The predicted molar refractivity (Wildman–Crippen MR) is 78.9 cm³/mol. The van der Waals surface area contributed by atoms with Gasteiger partial charge in [0.15, 0.2) is 5.11 Å². The molecule has 0 radical (unpaired) electrons. The van der Waals surface area contributed by atoms with Crippen molar-refractivity contribution >= 4 is 29.0 Å². The number of likely N-dealkylation sites (tertiary alicyclic amines) is 1. The smallest absolute Gasteiger partial charge is 0.308 e. The average Bonchev–Trinajstić information content (AvgIpc) is 2.49. The Labute approximate surface area is 122 Å². The fourth-order valence-corrected chi connectivity index (χ4v) is 2.52. The highest BCUT2D eigenvalue weighted by Crippen LogP contribution is 2.19. The minimum atomic E-state index is -0.277. The lowest BCUT2D eigenvalue weighted by atomic mass is 9.97. The number of carbonyl (C=O) groups is 1. The molecule has 6 heteroatoms. The fourth-order valence-electron chi connectivity index (χ4n) is 2.22. The van der Waals surface area contributed by atoms with Gasteiger partial charge in [0.05, 0.1) is 13.0 Å². The first kappa shape index (κ1) is 14.7. The highest BCUT2D eigenvalue weighted by Gasteiger charge is 2.26.